The molecule has 0 saturated heterocycles. The van der Waals surface area contributed by atoms with Crippen LogP contribution < -0.4 is 4.74 Å². The Morgan fingerprint density at radius 2 is 1.96 bits per heavy atom. The Labute approximate surface area is 162 Å². The molecule has 0 unspecified atom stereocenters. The van der Waals surface area contributed by atoms with Crippen molar-refractivity contribution in [2.45, 2.75) is 32.4 Å². The molecule has 25 heavy (non-hydrogen) atoms. The van der Waals surface area contributed by atoms with Gasteiger partial charge in [0, 0.05) is 3.57 Å². The van der Waals surface area contributed by atoms with E-state index >= 15 is 0 Å². The minimum Gasteiger partial charge on any atom is -0.489 e. The quantitative estimate of drug-likeness (QED) is 0.579. The van der Waals surface area contributed by atoms with Crippen molar-refractivity contribution in [2.24, 2.45) is 0 Å². The number of likely N-dealkylation sites (N-methyl/N-ethyl adjacent to an activating group) is 1. The predicted octanol–water partition coefficient (Wildman–Crippen LogP) is 4.21. The maximum Gasteiger partial charge on any atom is 0.320 e. The van der Waals surface area contributed by atoms with Crippen molar-refractivity contribution in [1.82, 2.24) is 4.90 Å². The van der Waals surface area contributed by atoms with E-state index in [0.29, 0.717) is 26.0 Å². The molecule has 0 radical (unpaired) electrons. The van der Waals surface area contributed by atoms with Gasteiger partial charge in [-0.05, 0) is 78.4 Å². The standard InChI is InChI=1S/C20H24INO3/c1-3-22(2)19(20(23)24)12-9-16-13-17(10-11-18(16)21)25-14-15-7-5-4-6-8-15/h4-8,10-11,13,19H,3,9,12,14H2,1-2H3,(H,23,24)/t19-/m0/s1. The average Bonchev–Trinajstić information content (AvgIpc) is 2.62. The summed E-state index contributed by atoms with van der Waals surface area (Å²) in [5, 5.41) is 9.42. The molecule has 5 heteroatoms. The first-order valence-corrected chi connectivity index (χ1v) is 9.47. The van der Waals surface area contributed by atoms with Crippen molar-refractivity contribution in [3.05, 3.63) is 63.2 Å². The normalized spacial score (nSPS) is 12.2. The van der Waals surface area contributed by atoms with Crippen LogP contribution in [0.1, 0.15) is 24.5 Å². The zero-order valence-corrected chi connectivity index (χ0v) is 16.8. The number of ether oxygens (including phenoxy) is 1. The molecule has 0 spiro atoms. The van der Waals surface area contributed by atoms with E-state index < -0.39 is 12.0 Å². The third-order valence-electron chi connectivity index (χ3n) is 4.27. The molecule has 2 aromatic rings. The van der Waals surface area contributed by atoms with E-state index in [4.69, 9.17) is 4.74 Å². The number of hydrogen-bond donors (Lipinski definition) is 1. The van der Waals surface area contributed by atoms with Crippen molar-refractivity contribution < 1.29 is 14.6 Å². The first-order chi connectivity index (χ1) is 12.0. The van der Waals surface area contributed by atoms with E-state index in [2.05, 4.69) is 22.6 Å². The lowest BCUT2D eigenvalue weighted by atomic mass is 10.0. The predicted molar refractivity (Wildman–Crippen MR) is 108 cm³/mol. The van der Waals surface area contributed by atoms with E-state index in [1.807, 2.05) is 67.4 Å². The molecule has 0 aliphatic carbocycles. The van der Waals surface area contributed by atoms with Crippen molar-refractivity contribution in [3.8, 4) is 5.75 Å². The molecule has 0 bridgehead atoms. The highest BCUT2D eigenvalue weighted by Crippen LogP contribution is 2.23. The fourth-order valence-corrected chi connectivity index (χ4v) is 3.22. The van der Waals surface area contributed by atoms with Crippen molar-refractivity contribution >= 4 is 28.6 Å². The van der Waals surface area contributed by atoms with Crippen LogP contribution in [-0.4, -0.2) is 35.6 Å². The van der Waals surface area contributed by atoms with Gasteiger partial charge in [-0.2, -0.15) is 0 Å². The second-order valence-corrected chi connectivity index (χ2v) is 7.16. The molecule has 0 aliphatic heterocycles. The zero-order valence-electron chi connectivity index (χ0n) is 14.6. The van der Waals surface area contributed by atoms with Crippen LogP contribution in [0.15, 0.2) is 48.5 Å². The van der Waals surface area contributed by atoms with E-state index in [1.165, 1.54) is 0 Å². The molecule has 134 valence electrons. The third-order valence-corrected chi connectivity index (χ3v) is 5.32. The SMILES string of the molecule is CCN(C)[C@@H](CCc1cc(OCc2ccccc2)ccc1I)C(=O)O. The van der Waals surface area contributed by atoms with Crippen molar-refractivity contribution in [1.29, 1.82) is 0 Å². The van der Waals surface area contributed by atoms with Gasteiger partial charge in [0.15, 0.2) is 0 Å². The van der Waals surface area contributed by atoms with Gasteiger partial charge in [0.1, 0.15) is 18.4 Å². The number of nitrogens with zero attached hydrogens (tertiary/aromatic N) is 1. The maximum absolute atomic E-state index is 11.5. The first-order valence-electron chi connectivity index (χ1n) is 8.39. The van der Waals surface area contributed by atoms with Crippen LogP contribution in [0.5, 0.6) is 5.75 Å². The Morgan fingerprint density at radius 3 is 2.60 bits per heavy atom. The molecule has 1 atom stereocenters. The maximum atomic E-state index is 11.5. The summed E-state index contributed by atoms with van der Waals surface area (Å²) in [6.45, 7) is 3.21. The number of hydrogen-bond acceptors (Lipinski definition) is 3. The van der Waals surface area contributed by atoms with Gasteiger partial charge in [-0.25, -0.2) is 0 Å². The van der Waals surface area contributed by atoms with Crippen LogP contribution in [0.4, 0.5) is 0 Å². The van der Waals surface area contributed by atoms with Gasteiger partial charge in [-0.3, -0.25) is 9.69 Å². The second-order valence-electron chi connectivity index (χ2n) is 5.99. The lowest BCUT2D eigenvalue weighted by molar-refractivity contribution is -0.142. The van der Waals surface area contributed by atoms with Crippen LogP contribution in [-0.2, 0) is 17.8 Å². The number of rotatable bonds is 9. The summed E-state index contributed by atoms with van der Waals surface area (Å²) in [7, 11) is 1.85. The van der Waals surface area contributed by atoms with Gasteiger partial charge in [0.05, 0.1) is 0 Å². The van der Waals surface area contributed by atoms with E-state index in [9.17, 15) is 9.90 Å². The van der Waals surface area contributed by atoms with Gasteiger partial charge in [-0.1, -0.05) is 37.3 Å². The summed E-state index contributed by atoms with van der Waals surface area (Å²) in [6, 6.07) is 15.6. The summed E-state index contributed by atoms with van der Waals surface area (Å²) in [5.41, 5.74) is 2.25. The molecule has 0 aliphatic rings. The number of aliphatic carboxylic acids is 1. The highest BCUT2D eigenvalue weighted by molar-refractivity contribution is 14.1. The van der Waals surface area contributed by atoms with E-state index in [1.54, 1.807) is 0 Å². The van der Waals surface area contributed by atoms with Gasteiger partial charge in [-0.15, -0.1) is 0 Å². The van der Waals surface area contributed by atoms with Crippen LogP contribution in [0.3, 0.4) is 0 Å². The topological polar surface area (TPSA) is 49.8 Å². The van der Waals surface area contributed by atoms with Crippen LogP contribution in [0.2, 0.25) is 0 Å². The number of aryl methyl sites for hydroxylation is 1. The van der Waals surface area contributed by atoms with Gasteiger partial charge < -0.3 is 9.84 Å². The molecule has 4 nitrogen and oxygen atoms in total. The fraction of sp³-hybridized carbons (Fsp3) is 0.350. The Bertz CT molecular complexity index is 691. The van der Waals surface area contributed by atoms with Crippen molar-refractivity contribution in [2.75, 3.05) is 13.6 Å². The lowest BCUT2D eigenvalue weighted by Gasteiger charge is -2.23. The van der Waals surface area contributed by atoms with Crippen LogP contribution in [0.25, 0.3) is 0 Å². The molecule has 2 rings (SSSR count). The number of carboxylic acids is 1. The van der Waals surface area contributed by atoms with Crippen molar-refractivity contribution in [3.63, 3.8) is 0 Å². The highest BCUT2D eigenvalue weighted by atomic mass is 127. The number of halogens is 1. The van der Waals surface area contributed by atoms with Crippen LogP contribution in [0, 0.1) is 3.57 Å². The molecule has 1 N–H and O–H groups in total. The average molecular weight is 453 g/mol. The summed E-state index contributed by atoms with van der Waals surface area (Å²) >= 11 is 2.29. The molecule has 0 aromatic heterocycles. The monoisotopic (exact) mass is 453 g/mol. The summed E-state index contributed by atoms with van der Waals surface area (Å²) in [4.78, 5) is 13.3. The molecule has 0 amide bonds. The highest BCUT2D eigenvalue weighted by Gasteiger charge is 2.21. The fourth-order valence-electron chi connectivity index (χ4n) is 2.62. The largest absolute Gasteiger partial charge is 0.489 e. The second kappa shape index (κ2) is 9.77. The van der Waals surface area contributed by atoms with E-state index in [-0.39, 0.29) is 0 Å². The summed E-state index contributed by atoms with van der Waals surface area (Å²) in [6.07, 6.45) is 1.29. The van der Waals surface area contributed by atoms with Gasteiger partial charge in [0.25, 0.3) is 0 Å². The minimum absolute atomic E-state index is 0.463. The smallest absolute Gasteiger partial charge is 0.320 e. The van der Waals surface area contributed by atoms with Gasteiger partial charge in [0.2, 0.25) is 0 Å². The molecule has 2 aromatic carbocycles. The Morgan fingerprint density at radius 1 is 1.24 bits per heavy atom. The van der Waals surface area contributed by atoms with E-state index in [0.717, 1.165) is 20.4 Å². The molecular weight excluding hydrogens is 429 g/mol. The summed E-state index contributed by atoms with van der Waals surface area (Å²) in [5.74, 6) is 0.0471. The number of benzene rings is 2. The third kappa shape index (κ3) is 6.01. The molecule has 0 saturated carbocycles. The Kier molecular flexibility index (Phi) is 7.71. The number of carboxylic acid groups (broad SMARTS) is 1. The molecule has 0 fully saturated rings. The zero-order chi connectivity index (χ0) is 18.2. The molecular formula is C20H24INO3. The summed E-state index contributed by atoms with van der Waals surface area (Å²) < 4.78 is 7.01. The van der Waals surface area contributed by atoms with Gasteiger partial charge >= 0.3 is 5.97 Å². The lowest BCUT2D eigenvalue weighted by Crippen LogP contribution is -2.38. The minimum atomic E-state index is -0.768. The van der Waals surface area contributed by atoms with Crippen LogP contribution >= 0.6 is 22.6 Å². The molecule has 0 heterocycles. The first kappa shape index (κ1) is 19.7. The number of carbonyl (C=O) groups is 1. The Balaban J connectivity index is 2.01. The Hall–Kier alpha value is -1.60.